The summed E-state index contributed by atoms with van der Waals surface area (Å²) in [4.78, 5) is 26.7. The second-order valence-electron chi connectivity index (χ2n) is 3.81. The molecule has 6 heteroatoms. The molecule has 4 N–H and O–H groups in total. The molecule has 0 unspecified atom stereocenters. The van der Waals surface area contributed by atoms with Gasteiger partial charge in [0.15, 0.2) is 0 Å². The molecule has 0 aliphatic carbocycles. The number of carbonyl (C=O) groups excluding carboxylic acids is 2. The highest BCUT2D eigenvalue weighted by atomic mass is 16.2. The average Bonchev–Trinajstić information content (AvgIpc) is 2.32. The largest absolute Gasteiger partial charge is 0.397 e. The number of carbonyl (C=O) groups is 2. The molecule has 0 spiro atoms. The molecule has 2 amide bonds. The Balaban J connectivity index is 2.25. The number of nitrogen functional groups attached to an aromatic ring is 1. The predicted molar refractivity (Wildman–Crippen MR) is 68.7 cm³/mol. The monoisotopic (exact) mass is 250 g/mol. The van der Waals surface area contributed by atoms with Crippen molar-refractivity contribution in [3.05, 3.63) is 24.0 Å². The van der Waals surface area contributed by atoms with Gasteiger partial charge in [0, 0.05) is 25.2 Å². The van der Waals surface area contributed by atoms with Crippen LogP contribution in [0.1, 0.15) is 19.0 Å². The Morgan fingerprint density at radius 1 is 1.28 bits per heavy atom. The summed E-state index contributed by atoms with van der Waals surface area (Å²) in [5.74, 6) is -0.222. The Kier molecular flexibility index (Phi) is 5.63. The van der Waals surface area contributed by atoms with Gasteiger partial charge in [-0.25, -0.2) is 0 Å². The smallest absolute Gasteiger partial charge is 0.226 e. The third kappa shape index (κ3) is 5.29. The van der Waals surface area contributed by atoms with E-state index in [1.165, 1.54) is 6.20 Å². The summed E-state index contributed by atoms with van der Waals surface area (Å²) in [5, 5.41) is 5.32. The zero-order valence-corrected chi connectivity index (χ0v) is 10.4. The van der Waals surface area contributed by atoms with Gasteiger partial charge in [0.1, 0.15) is 0 Å². The average molecular weight is 250 g/mol. The fourth-order valence-electron chi connectivity index (χ4n) is 1.37. The summed E-state index contributed by atoms with van der Waals surface area (Å²) in [6, 6.07) is 3.41. The molecule has 6 nitrogen and oxygen atoms in total. The van der Waals surface area contributed by atoms with E-state index in [1.807, 2.05) is 6.92 Å². The van der Waals surface area contributed by atoms with Crippen LogP contribution in [0, 0.1) is 0 Å². The number of nitrogens with two attached hydrogens (primary N) is 1. The van der Waals surface area contributed by atoms with Crippen molar-refractivity contribution in [2.75, 3.05) is 18.8 Å². The molecule has 1 aromatic rings. The van der Waals surface area contributed by atoms with Crippen molar-refractivity contribution in [1.29, 1.82) is 0 Å². The Hall–Kier alpha value is -2.11. The molecule has 1 rings (SSSR count). The highest BCUT2D eigenvalue weighted by molar-refractivity contribution is 5.80. The second-order valence-corrected chi connectivity index (χ2v) is 3.81. The molecule has 1 aromatic heterocycles. The van der Waals surface area contributed by atoms with Crippen molar-refractivity contribution in [2.45, 2.75) is 19.8 Å². The Labute approximate surface area is 106 Å². The molecular formula is C12H18N4O2. The molecule has 0 aliphatic heterocycles. The maximum atomic E-state index is 11.5. The first-order valence-corrected chi connectivity index (χ1v) is 5.85. The zero-order chi connectivity index (χ0) is 13.4. The highest BCUT2D eigenvalue weighted by Crippen LogP contribution is 2.01. The maximum absolute atomic E-state index is 11.5. The van der Waals surface area contributed by atoms with Crippen molar-refractivity contribution >= 4 is 17.5 Å². The molecule has 0 saturated heterocycles. The first-order valence-electron chi connectivity index (χ1n) is 5.85. The number of nitrogens with zero attached hydrogens (tertiary/aromatic N) is 1. The van der Waals surface area contributed by atoms with Crippen LogP contribution in [0.5, 0.6) is 0 Å². The summed E-state index contributed by atoms with van der Waals surface area (Å²) in [5.41, 5.74) is 6.71. The number of pyridine rings is 1. The van der Waals surface area contributed by atoms with Crippen LogP contribution < -0.4 is 16.4 Å². The lowest BCUT2D eigenvalue weighted by Gasteiger charge is -2.05. The minimum Gasteiger partial charge on any atom is -0.397 e. The third-order valence-corrected chi connectivity index (χ3v) is 2.24. The van der Waals surface area contributed by atoms with Gasteiger partial charge < -0.3 is 16.4 Å². The Morgan fingerprint density at radius 2 is 2.06 bits per heavy atom. The topological polar surface area (TPSA) is 97.1 Å². The van der Waals surface area contributed by atoms with Gasteiger partial charge in [-0.1, -0.05) is 0 Å². The minimum atomic E-state index is -0.156. The standard InChI is InChI=1S/C12H18N4O2/c1-2-14-11(17)5-6-15-12(18)7-10-4-3-9(13)8-16-10/h3-4,8H,2,5-7,13H2,1H3,(H,14,17)(H,15,18). The zero-order valence-electron chi connectivity index (χ0n) is 10.4. The van der Waals surface area contributed by atoms with Crippen LogP contribution in [-0.2, 0) is 16.0 Å². The van der Waals surface area contributed by atoms with Crippen LogP contribution in [0.15, 0.2) is 18.3 Å². The van der Waals surface area contributed by atoms with Crippen molar-refractivity contribution in [1.82, 2.24) is 15.6 Å². The van der Waals surface area contributed by atoms with E-state index in [1.54, 1.807) is 12.1 Å². The quantitative estimate of drug-likeness (QED) is 0.654. The molecular weight excluding hydrogens is 232 g/mol. The van der Waals surface area contributed by atoms with Gasteiger partial charge >= 0.3 is 0 Å². The first kappa shape index (κ1) is 14.0. The summed E-state index contributed by atoms with van der Waals surface area (Å²) < 4.78 is 0. The molecule has 0 bridgehead atoms. The molecule has 98 valence electrons. The van der Waals surface area contributed by atoms with Gasteiger partial charge in [-0.3, -0.25) is 14.6 Å². The number of aromatic nitrogens is 1. The number of hydrogen-bond donors (Lipinski definition) is 3. The number of amides is 2. The molecule has 0 aromatic carbocycles. The van der Waals surface area contributed by atoms with Gasteiger partial charge in [-0.2, -0.15) is 0 Å². The van der Waals surface area contributed by atoms with E-state index < -0.39 is 0 Å². The van der Waals surface area contributed by atoms with Crippen LogP contribution in [0.25, 0.3) is 0 Å². The summed E-state index contributed by atoms with van der Waals surface area (Å²) in [6.45, 7) is 2.78. The van der Waals surface area contributed by atoms with E-state index in [9.17, 15) is 9.59 Å². The van der Waals surface area contributed by atoms with Crippen LogP contribution in [0.2, 0.25) is 0 Å². The number of anilines is 1. The molecule has 0 fully saturated rings. The lowest BCUT2D eigenvalue weighted by Crippen LogP contribution is -2.31. The van der Waals surface area contributed by atoms with Crippen LogP contribution in [-0.4, -0.2) is 29.9 Å². The van der Waals surface area contributed by atoms with Gasteiger partial charge in [0.05, 0.1) is 18.3 Å². The lowest BCUT2D eigenvalue weighted by atomic mass is 10.2. The van der Waals surface area contributed by atoms with Gasteiger partial charge in [0.25, 0.3) is 0 Å². The van der Waals surface area contributed by atoms with Crippen molar-refractivity contribution in [2.24, 2.45) is 0 Å². The third-order valence-electron chi connectivity index (χ3n) is 2.24. The van der Waals surface area contributed by atoms with E-state index in [2.05, 4.69) is 15.6 Å². The predicted octanol–water partition coefficient (Wildman–Crippen LogP) is -0.151. The molecule has 0 aliphatic rings. The van der Waals surface area contributed by atoms with Gasteiger partial charge in [-0.05, 0) is 19.1 Å². The molecule has 0 atom stereocenters. The van der Waals surface area contributed by atoms with E-state index in [0.717, 1.165) is 0 Å². The normalized spacial score (nSPS) is 9.83. The van der Waals surface area contributed by atoms with Crippen LogP contribution in [0.4, 0.5) is 5.69 Å². The van der Waals surface area contributed by atoms with E-state index in [-0.39, 0.29) is 24.7 Å². The molecule has 0 radical (unpaired) electrons. The number of hydrogen-bond acceptors (Lipinski definition) is 4. The molecule has 0 saturated carbocycles. The summed E-state index contributed by atoms with van der Waals surface area (Å²) in [6.07, 6.45) is 1.99. The van der Waals surface area contributed by atoms with E-state index in [0.29, 0.717) is 24.5 Å². The SMILES string of the molecule is CCNC(=O)CCNC(=O)Cc1ccc(N)cn1. The lowest BCUT2D eigenvalue weighted by molar-refractivity contribution is -0.122. The summed E-state index contributed by atoms with van der Waals surface area (Å²) >= 11 is 0. The van der Waals surface area contributed by atoms with Crippen molar-refractivity contribution in [3.63, 3.8) is 0 Å². The minimum absolute atomic E-state index is 0.0663. The van der Waals surface area contributed by atoms with Crippen LogP contribution in [0.3, 0.4) is 0 Å². The number of rotatable bonds is 6. The Bertz CT molecular complexity index is 403. The highest BCUT2D eigenvalue weighted by Gasteiger charge is 2.05. The Morgan fingerprint density at radius 3 is 2.67 bits per heavy atom. The first-order chi connectivity index (χ1) is 8.61. The fourth-order valence-corrected chi connectivity index (χ4v) is 1.37. The van der Waals surface area contributed by atoms with E-state index >= 15 is 0 Å². The molecule has 18 heavy (non-hydrogen) atoms. The van der Waals surface area contributed by atoms with E-state index in [4.69, 9.17) is 5.73 Å². The molecule has 1 heterocycles. The maximum Gasteiger partial charge on any atom is 0.226 e. The fraction of sp³-hybridized carbons (Fsp3) is 0.417. The second kappa shape index (κ2) is 7.26. The van der Waals surface area contributed by atoms with Crippen LogP contribution >= 0.6 is 0 Å². The van der Waals surface area contributed by atoms with Gasteiger partial charge in [-0.15, -0.1) is 0 Å². The van der Waals surface area contributed by atoms with Crippen molar-refractivity contribution < 1.29 is 9.59 Å². The van der Waals surface area contributed by atoms with Crippen molar-refractivity contribution in [3.8, 4) is 0 Å². The summed E-state index contributed by atoms with van der Waals surface area (Å²) in [7, 11) is 0. The number of nitrogens with one attached hydrogen (secondary N) is 2. The van der Waals surface area contributed by atoms with Gasteiger partial charge in [0.2, 0.25) is 11.8 Å².